The molecule has 1 aromatic rings. The zero-order valence-electron chi connectivity index (χ0n) is 8.94. The molecule has 0 amide bonds. The van der Waals surface area contributed by atoms with Gasteiger partial charge in [-0.1, -0.05) is 0 Å². The molecular weight excluding hydrogens is 271 g/mol. The lowest BCUT2D eigenvalue weighted by Gasteiger charge is -2.06. The molecule has 0 saturated carbocycles. The smallest absolute Gasteiger partial charge is 0.229 e. The van der Waals surface area contributed by atoms with Gasteiger partial charge < -0.3 is 5.73 Å². The Kier molecular flexibility index (Phi) is 5.53. The van der Waals surface area contributed by atoms with Crippen LogP contribution in [0.2, 0.25) is 0 Å². The molecule has 0 aromatic heterocycles. The van der Waals surface area contributed by atoms with E-state index in [0.717, 1.165) is 18.4 Å². The largest absolute Gasteiger partial charge is 0.324 e. The average Bonchev–Trinajstić information content (AvgIpc) is 2.18. The fourth-order valence-corrected chi connectivity index (χ4v) is 1.68. The van der Waals surface area contributed by atoms with Gasteiger partial charge in [-0.15, -0.1) is 12.4 Å². The summed E-state index contributed by atoms with van der Waals surface area (Å²) < 4.78 is 37.2. The SMILES string of the molecule is CS(=O)(=O)Nc1ccc(F)c(C(=O)CN)c1.Cl. The second kappa shape index (κ2) is 5.95. The summed E-state index contributed by atoms with van der Waals surface area (Å²) in [6.45, 7) is -0.334. The van der Waals surface area contributed by atoms with Crippen LogP contribution in [0.15, 0.2) is 18.2 Å². The minimum atomic E-state index is -3.45. The highest BCUT2D eigenvalue weighted by molar-refractivity contribution is 7.92. The Labute approximate surface area is 105 Å². The molecule has 17 heavy (non-hydrogen) atoms. The van der Waals surface area contributed by atoms with Gasteiger partial charge in [0.2, 0.25) is 10.0 Å². The Hall–Kier alpha value is -1.18. The van der Waals surface area contributed by atoms with Gasteiger partial charge in [0.25, 0.3) is 0 Å². The highest BCUT2D eigenvalue weighted by atomic mass is 35.5. The molecule has 0 unspecified atom stereocenters. The third-order valence-corrected chi connectivity index (χ3v) is 2.36. The van der Waals surface area contributed by atoms with Crippen LogP contribution >= 0.6 is 12.4 Å². The van der Waals surface area contributed by atoms with Crippen molar-refractivity contribution < 1.29 is 17.6 Å². The van der Waals surface area contributed by atoms with Gasteiger partial charge >= 0.3 is 0 Å². The van der Waals surface area contributed by atoms with Crippen LogP contribution in [0.5, 0.6) is 0 Å². The monoisotopic (exact) mass is 282 g/mol. The molecule has 0 heterocycles. The number of nitrogens with one attached hydrogen (secondary N) is 1. The molecule has 0 atom stereocenters. The first-order valence-electron chi connectivity index (χ1n) is 4.34. The first-order valence-corrected chi connectivity index (χ1v) is 6.23. The molecule has 0 aliphatic heterocycles. The van der Waals surface area contributed by atoms with Crippen molar-refractivity contribution in [3.8, 4) is 0 Å². The van der Waals surface area contributed by atoms with Crippen molar-refractivity contribution in [2.45, 2.75) is 0 Å². The molecule has 0 aliphatic carbocycles. The van der Waals surface area contributed by atoms with E-state index >= 15 is 0 Å². The van der Waals surface area contributed by atoms with E-state index in [1.165, 1.54) is 6.07 Å². The van der Waals surface area contributed by atoms with E-state index in [-0.39, 0.29) is 30.2 Å². The van der Waals surface area contributed by atoms with Crippen LogP contribution in [0, 0.1) is 5.82 Å². The topological polar surface area (TPSA) is 89.3 Å². The molecule has 8 heteroatoms. The number of sulfonamides is 1. The number of halogens is 2. The van der Waals surface area contributed by atoms with Gasteiger partial charge in [0.05, 0.1) is 18.4 Å². The molecular formula is C9H12ClFN2O3S. The fraction of sp³-hybridized carbons (Fsp3) is 0.222. The third-order valence-electron chi connectivity index (χ3n) is 1.76. The van der Waals surface area contributed by atoms with Crippen molar-refractivity contribution in [2.24, 2.45) is 5.73 Å². The maximum atomic E-state index is 13.2. The molecule has 0 saturated heterocycles. The Morgan fingerprint density at radius 2 is 2.06 bits per heavy atom. The second-order valence-electron chi connectivity index (χ2n) is 3.20. The summed E-state index contributed by atoms with van der Waals surface area (Å²) in [7, 11) is -3.45. The number of benzene rings is 1. The van der Waals surface area contributed by atoms with Crippen LogP contribution in [0.25, 0.3) is 0 Å². The molecule has 3 N–H and O–H groups in total. The summed E-state index contributed by atoms with van der Waals surface area (Å²) in [4.78, 5) is 11.2. The summed E-state index contributed by atoms with van der Waals surface area (Å²) in [5, 5.41) is 0. The molecule has 1 rings (SSSR count). The van der Waals surface area contributed by atoms with Gasteiger partial charge in [0, 0.05) is 5.69 Å². The van der Waals surface area contributed by atoms with Crippen LogP contribution in [-0.2, 0) is 10.0 Å². The summed E-state index contributed by atoms with van der Waals surface area (Å²) in [6.07, 6.45) is 0.959. The van der Waals surface area contributed by atoms with Crippen molar-refractivity contribution in [3.63, 3.8) is 0 Å². The summed E-state index contributed by atoms with van der Waals surface area (Å²) in [5.41, 5.74) is 5.00. The predicted molar refractivity (Wildman–Crippen MR) is 65.5 cm³/mol. The number of carbonyl (C=O) groups is 1. The average molecular weight is 283 g/mol. The van der Waals surface area contributed by atoms with E-state index in [2.05, 4.69) is 4.72 Å². The number of ketones is 1. The quantitative estimate of drug-likeness (QED) is 0.798. The molecule has 5 nitrogen and oxygen atoms in total. The van der Waals surface area contributed by atoms with Crippen LogP contribution in [0.1, 0.15) is 10.4 Å². The van der Waals surface area contributed by atoms with Crippen LogP contribution < -0.4 is 10.5 Å². The third kappa shape index (κ3) is 4.68. The zero-order valence-corrected chi connectivity index (χ0v) is 10.6. The predicted octanol–water partition coefficient (Wildman–Crippen LogP) is 0.760. The van der Waals surface area contributed by atoms with Crippen molar-refractivity contribution in [3.05, 3.63) is 29.6 Å². The molecule has 96 valence electrons. The van der Waals surface area contributed by atoms with E-state index in [1.807, 2.05) is 0 Å². The van der Waals surface area contributed by atoms with Crippen molar-refractivity contribution >= 4 is 33.9 Å². The van der Waals surface area contributed by atoms with Crippen molar-refractivity contribution in [2.75, 3.05) is 17.5 Å². The van der Waals surface area contributed by atoms with E-state index in [1.54, 1.807) is 0 Å². The van der Waals surface area contributed by atoms with Crippen molar-refractivity contribution in [1.82, 2.24) is 0 Å². The second-order valence-corrected chi connectivity index (χ2v) is 4.94. The summed E-state index contributed by atoms with van der Waals surface area (Å²) in [6, 6.07) is 3.35. The summed E-state index contributed by atoms with van der Waals surface area (Å²) >= 11 is 0. The lowest BCUT2D eigenvalue weighted by Crippen LogP contribution is -2.16. The zero-order chi connectivity index (χ0) is 12.3. The molecule has 1 aromatic carbocycles. The number of anilines is 1. The molecule has 0 bridgehead atoms. The van der Waals surface area contributed by atoms with Crippen LogP contribution in [0.3, 0.4) is 0 Å². The normalized spacial score (nSPS) is 10.5. The van der Waals surface area contributed by atoms with Crippen molar-refractivity contribution in [1.29, 1.82) is 0 Å². The number of Topliss-reactive ketones (excluding diaryl/α,β-unsaturated/α-hetero) is 1. The van der Waals surface area contributed by atoms with E-state index in [4.69, 9.17) is 5.73 Å². The Morgan fingerprint density at radius 1 is 1.47 bits per heavy atom. The first kappa shape index (κ1) is 15.8. The highest BCUT2D eigenvalue weighted by Crippen LogP contribution is 2.16. The Morgan fingerprint density at radius 3 is 2.53 bits per heavy atom. The fourth-order valence-electron chi connectivity index (χ4n) is 1.13. The lowest BCUT2D eigenvalue weighted by molar-refractivity contribution is 0.0997. The van der Waals surface area contributed by atoms with E-state index in [0.29, 0.717) is 0 Å². The standard InChI is InChI=1S/C9H11FN2O3S.ClH/c1-16(14,15)12-6-2-3-8(10)7(4-6)9(13)5-11;/h2-4,12H,5,11H2,1H3;1H. The van der Waals surface area contributed by atoms with Crippen LogP contribution in [-0.4, -0.2) is 27.0 Å². The van der Waals surface area contributed by atoms with E-state index < -0.39 is 21.6 Å². The molecule has 0 radical (unpaired) electrons. The summed E-state index contributed by atoms with van der Waals surface area (Å²) in [5.74, 6) is -1.32. The highest BCUT2D eigenvalue weighted by Gasteiger charge is 2.12. The molecule has 0 fully saturated rings. The maximum Gasteiger partial charge on any atom is 0.229 e. The molecule has 0 aliphatic rings. The van der Waals surface area contributed by atoms with Gasteiger partial charge in [0.1, 0.15) is 5.82 Å². The van der Waals surface area contributed by atoms with Gasteiger partial charge in [-0.2, -0.15) is 0 Å². The maximum absolute atomic E-state index is 13.2. The van der Waals surface area contributed by atoms with E-state index in [9.17, 15) is 17.6 Å². The number of hydrogen-bond donors (Lipinski definition) is 2. The molecule has 0 spiro atoms. The van der Waals surface area contributed by atoms with Gasteiger partial charge in [-0.25, -0.2) is 12.8 Å². The van der Waals surface area contributed by atoms with Gasteiger partial charge in [-0.3, -0.25) is 9.52 Å². The van der Waals surface area contributed by atoms with Crippen LogP contribution in [0.4, 0.5) is 10.1 Å². The Balaban J connectivity index is 0.00000256. The number of hydrogen-bond acceptors (Lipinski definition) is 4. The van der Waals surface area contributed by atoms with Gasteiger partial charge in [-0.05, 0) is 18.2 Å². The number of rotatable bonds is 4. The minimum absolute atomic E-state index is 0. The number of nitrogens with two attached hydrogens (primary N) is 1. The van der Waals surface area contributed by atoms with Gasteiger partial charge in [0.15, 0.2) is 5.78 Å². The minimum Gasteiger partial charge on any atom is -0.324 e. The Bertz CT molecular complexity index is 519. The number of carbonyl (C=O) groups excluding carboxylic acids is 1. The lowest BCUT2D eigenvalue weighted by atomic mass is 10.1. The first-order chi connectivity index (χ1) is 7.33.